The number of hydrogen-bond donors (Lipinski definition) is 2. The van der Waals surface area contributed by atoms with E-state index in [4.69, 9.17) is 0 Å². The van der Waals surface area contributed by atoms with Crippen LogP contribution in [-0.2, 0) is 0 Å². The Balaban J connectivity index is 1.55. The minimum absolute atomic E-state index is 0.0857. The number of carbonyl (C=O) groups excluding carboxylic acids is 2. The molecule has 0 aliphatic heterocycles. The summed E-state index contributed by atoms with van der Waals surface area (Å²) in [4.78, 5) is 27.8. The predicted molar refractivity (Wildman–Crippen MR) is 127 cm³/mol. The molecule has 0 saturated heterocycles. The topological polar surface area (TPSA) is 61.4 Å². The van der Waals surface area contributed by atoms with Crippen LogP contribution in [0.4, 0.5) is 11.4 Å². The number of carbonyl (C=O) groups is 2. The third-order valence-corrected chi connectivity index (χ3v) is 5.93. The van der Waals surface area contributed by atoms with Crippen LogP contribution >= 0.6 is 0 Å². The van der Waals surface area contributed by atoms with Gasteiger partial charge in [-0.25, -0.2) is 0 Å². The van der Waals surface area contributed by atoms with E-state index in [-0.39, 0.29) is 17.9 Å². The van der Waals surface area contributed by atoms with Crippen molar-refractivity contribution in [3.8, 4) is 0 Å². The first-order valence-corrected chi connectivity index (χ1v) is 10.9. The molecule has 5 heteroatoms. The fraction of sp³-hybridized carbons (Fsp3) is 0.308. The highest BCUT2D eigenvalue weighted by Gasteiger charge is 2.20. The van der Waals surface area contributed by atoms with Crippen molar-refractivity contribution in [1.29, 1.82) is 0 Å². The molecule has 1 aliphatic rings. The standard InChI is InChI=1S/C26H29N3O2/c1-29(2)24-15-14-22(17-23(24)26(31)27-21-10-4-3-5-11-21)28-25(30)20-13-12-18-8-6-7-9-19(18)16-20/h6-9,12-17,21H,3-5,10-11H2,1-2H3,(H,27,31)(H,28,30). The van der Waals surface area contributed by atoms with Crippen LogP contribution in [0.1, 0.15) is 52.8 Å². The molecule has 2 amide bonds. The molecule has 3 aromatic carbocycles. The van der Waals surface area contributed by atoms with E-state index in [0.717, 1.165) is 42.1 Å². The van der Waals surface area contributed by atoms with Crippen molar-refractivity contribution in [3.63, 3.8) is 0 Å². The molecule has 3 aromatic rings. The van der Waals surface area contributed by atoms with Crippen LogP contribution in [0.2, 0.25) is 0 Å². The third-order valence-electron chi connectivity index (χ3n) is 5.93. The van der Waals surface area contributed by atoms with Crippen molar-refractivity contribution in [2.75, 3.05) is 24.3 Å². The van der Waals surface area contributed by atoms with Gasteiger partial charge >= 0.3 is 0 Å². The number of fused-ring (bicyclic) bond motifs is 1. The number of hydrogen-bond acceptors (Lipinski definition) is 3. The largest absolute Gasteiger partial charge is 0.377 e. The molecule has 0 aromatic heterocycles. The zero-order chi connectivity index (χ0) is 21.8. The van der Waals surface area contributed by atoms with Crippen molar-refractivity contribution in [2.24, 2.45) is 0 Å². The molecule has 0 radical (unpaired) electrons. The second kappa shape index (κ2) is 9.21. The Morgan fingerprint density at radius 3 is 2.32 bits per heavy atom. The van der Waals surface area contributed by atoms with Gasteiger partial charge in [0.05, 0.1) is 5.56 Å². The zero-order valence-electron chi connectivity index (χ0n) is 18.2. The molecule has 31 heavy (non-hydrogen) atoms. The van der Waals surface area contributed by atoms with Gasteiger partial charge in [-0.2, -0.15) is 0 Å². The van der Waals surface area contributed by atoms with Crippen LogP contribution in [0, 0.1) is 0 Å². The fourth-order valence-corrected chi connectivity index (χ4v) is 4.23. The Labute approximate surface area is 183 Å². The molecule has 160 valence electrons. The molecule has 0 spiro atoms. The quantitative estimate of drug-likeness (QED) is 0.600. The maximum atomic E-state index is 13.0. The zero-order valence-corrected chi connectivity index (χ0v) is 18.2. The Morgan fingerprint density at radius 1 is 0.839 bits per heavy atom. The summed E-state index contributed by atoms with van der Waals surface area (Å²) in [6, 6.07) is 19.3. The van der Waals surface area contributed by atoms with Crippen LogP contribution in [0.3, 0.4) is 0 Å². The van der Waals surface area contributed by atoms with E-state index in [1.807, 2.05) is 73.6 Å². The van der Waals surface area contributed by atoms with Gasteiger partial charge in [0.15, 0.2) is 0 Å². The number of amides is 2. The lowest BCUT2D eigenvalue weighted by Crippen LogP contribution is -2.36. The van der Waals surface area contributed by atoms with Gasteiger partial charge in [-0.05, 0) is 53.9 Å². The summed E-state index contributed by atoms with van der Waals surface area (Å²) in [5, 5.41) is 8.25. The van der Waals surface area contributed by atoms with E-state index >= 15 is 0 Å². The Kier molecular flexibility index (Phi) is 6.21. The van der Waals surface area contributed by atoms with E-state index in [9.17, 15) is 9.59 Å². The molecule has 2 N–H and O–H groups in total. The smallest absolute Gasteiger partial charge is 0.255 e. The van der Waals surface area contributed by atoms with Crippen molar-refractivity contribution >= 4 is 34.0 Å². The van der Waals surface area contributed by atoms with Crippen molar-refractivity contribution in [2.45, 2.75) is 38.1 Å². The van der Waals surface area contributed by atoms with E-state index < -0.39 is 0 Å². The maximum absolute atomic E-state index is 13.0. The number of nitrogens with zero attached hydrogens (tertiary/aromatic N) is 1. The van der Waals surface area contributed by atoms with Gasteiger partial charge in [0, 0.05) is 37.1 Å². The van der Waals surface area contributed by atoms with Gasteiger partial charge in [0.25, 0.3) is 11.8 Å². The number of rotatable bonds is 5. The third kappa shape index (κ3) is 4.88. The number of nitrogens with one attached hydrogen (secondary N) is 2. The van der Waals surface area contributed by atoms with Gasteiger partial charge < -0.3 is 15.5 Å². The molecule has 5 nitrogen and oxygen atoms in total. The first kappa shape index (κ1) is 20.9. The number of benzene rings is 3. The Bertz CT molecular complexity index is 1100. The van der Waals surface area contributed by atoms with Crippen molar-refractivity contribution in [3.05, 3.63) is 71.8 Å². The van der Waals surface area contributed by atoms with Gasteiger partial charge in [-0.1, -0.05) is 49.6 Å². The predicted octanol–water partition coefficient (Wildman–Crippen LogP) is 5.22. The summed E-state index contributed by atoms with van der Waals surface area (Å²) < 4.78 is 0. The van der Waals surface area contributed by atoms with Crippen LogP contribution in [-0.4, -0.2) is 32.0 Å². The lowest BCUT2D eigenvalue weighted by atomic mass is 9.95. The summed E-state index contributed by atoms with van der Waals surface area (Å²) in [5.41, 5.74) is 2.60. The summed E-state index contributed by atoms with van der Waals surface area (Å²) >= 11 is 0. The van der Waals surface area contributed by atoms with Crippen molar-refractivity contribution in [1.82, 2.24) is 5.32 Å². The molecule has 0 unspecified atom stereocenters. The highest BCUT2D eigenvalue weighted by Crippen LogP contribution is 2.25. The van der Waals surface area contributed by atoms with Gasteiger partial charge in [0.1, 0.15) is 0 Å². The molecule has 1 fully saturated rings. The first-order valence-electron chi connectivity index (χ1n) is 10.9. The summed E-state index contributed by atoms with van der Waals surface area (Å²) in [5.74, 6) is -0.278. The van der Waals surface area contributed by atoms with Gasteiger partial charge in [0.2, 0.25) is 0 Å². The van der Waals surface area contributed by atoms with E-state index in [0.29, 0.717) is 16.8 Å². The van der Waals surface area contributed by atoms with Crippen LogP contribution < -0.4 is 15.5 Å². The molecule has 1 saturated carbocycles. The monoisotopic (exact) mass is 415 g/mol. The highest BCUT2D eigenvalue weighted by molar-refractivity contribution is 6.08. The highest BCUT2D eigenvalue weighted by atomic mass is 16.2. The summed E-state index contributed by atoms with van der Waals surface area (Å²) in [6.45, 7) is 0. The normalized spacial score (nSPS) is 14.3. The maximum Gasteiger partial charge on any atom is 0.255 e. The Hall–Kier alpha value is -3.34. The van der Waals surface area contributed by atoms with Gasteiger partial charge in [-0.3, -0.25) is 9.59 Å². The molecular weight excluding hydrogens is 386 g/mol. The average Bonchev–Trinajstić information content (AvgIpc) is 2.79. The lowest BCUT2D eigenvalue weighted by Gasteiger charge is -2.24. The van der Waals surface area contributed by atoms with E-state index in [2.05, 4.69) is 10.6 Å². The number of anilines is 2. The minimum Gasteiger partial charge on any atom is -0.377 e. The Morgan fingerprint density at radius 2 is 1.58 bits per heavy atom. The summed E-state index contributed by atoms with van der Waals surface area (Å²) in [6.07, 6.45) is 5.62. The van der Waals surface area contributed by atoms with E-state index in [1.165, 1.54) is 6.42 Å². The minimum atomic E-state index is -0.193. The van der Waals surface area contributed by atoms with Crippen LogP contribution in [0.5, 0.6) is 0 Å². The average molecular weight is 416 g/mol. The second-order valence-corrected chi connectivity index (χ2v) is 8.45. The van der Waals surface area contributed by atoms with Crippen LogP contribution in [0.25, 0.3) is 10.8 Å². The molecule has 0 atom stereocenters. The van der Waals surface area contributed by atoms with Crippen LogP contribution in [0.15, 0.2) is 60.7 Å². The molecule has 1 aliphatic carbocycles. The van der Waals surface area contributed by atoms with E-state index in [1.54, 1.807) is 6.07 Å². The molecule has 4 rings (SSSR count). The molecule has 0 bridgehead atoms. The molecule has 0 heterocycles. The first-order chi connectivity index (χ1) is 15.0. The van der Waals surface area contributed by atoms with Gasteiger partial charge in [-0.15, -0.1) is 0 Å². The lowest BCUT2D eigenvalue weighted by molar-refractivity contribution is 0.0927. The van der Waals surface area contributed by atoms with Crippen molar-refractivity contribution < 1.29 is 9.59 Å². The SMILES string of the molecule is CN(C)c1ccc(NC(=O)c2ccc3ccccc3c2)cc1C(=O)NC1CCCCC1. The fourth-order valence-electron chi connectivity index (χ4n) is 4.23. The summed E-state index contributed by atoms with van der Waals surface area (Å²) in [7, 11) is 3.83. The second-order valence-electron chi connectivity index (χ2n) is 8.45. The molecular formula is C26H29N3O2.